The number of allylic oxidation sites excluding steroid dienone is 3. The number of nitriles is 1. The van der Waals surface area contributed by atoms with E-state index in [-0.39, 0.29) is 35.9 Å². The molecule has 5 nitrogen and oxygen atoms in total. The number of rotatable bonds is 5. The van der Waals surface area contributed by atoms with Gasteiger partial charge in [-0.1, -0.05) is 49.2 Å². The Morgan fingerprint density at radius 1 is 1.09 bits per heavy atom. The number of alkyl halides is 3. The average molecular weight is 620 g/mol. The second-order valence-corrected chi connectivity index (χ2v) is 12.8. The number of halogens is 4. The van der Waals surface area contributed by atoms with Crippen LogP contribution in [0, 0.1) is 37.5 Å². The summed E-state index contributed by atoms with van der Waals surface area (Å²) in [5, 5.41) is 11.1. The smallest absolute Gasteiger partial charge is 0.416 e. The van der Waals surface area contributed by atoms with Crippen molar-refractivity contribution in [3.63, 3.8) is 0 Å². The SMILES string of the molecule is Cc1cc(COc2ccc(Cl)cc2C)c(C)c(C2C(C#N)=C(N)N(c3cccc(C(F)(F)F)c3)C3=C2C(=O)CC(C)(C)C3)c1. The van der Waals surface area contributed by atoms with Crippen LogP contribution >= 0.6 is 11.6 Å². The summed E-state index contributed by atoms with van der Waals surface area (Å²) in [4.78, 5) is 15.5. The molecule has 5 rings (SSSR count). The number of anilines is 1. The normalized spacial score (nSPS) is 18.3. The third kappa shape index (κ3) is 5.81. The van der Waals surface area contributed by atoms with E-state index in [1.807, 2.05) is 58.9 Å². The molecule has 1 atom stereocenters. The van der Waals surface area contributed by atoms with E-state index in [2.05, 4.69) is 6.07 Å². The summed E-state index contributed by atoms with van der Waals surface area (Å²) >= 11 is 6.11. The fourth-order valence-corrected chi connectivity index (χ4v) is 6.51. The van der Waals surface area contributed by atoms with Gasteiger partial charge in [-0.15, -0.1) is 0 Å². The van der Waals surface area contributed by atoms with Crippen molar-refractivity contribution in [2.45, 2.75) is 66.2 Å². The van der Waals surface area contributed by atoms with Gasteiger partial charge in [0, 0.05) is 28.4 Å². The van der Waals surface area contributed by atoms with Crippen molar-refractivity contribution >= 4 is 23.1 Å². The Balaban J connectivity index is 1.68. The van der Waals surface area contributed by atoms with Crippen LogP contribution in [0.1, 0.15) is 66.0 Å². The molecule has 0 aromatic heterocycles. The van der Waals surface area contributed by atoms with Crippen molar-refractivity contribution in [2.75, 3.05) is 4.90 Å². The fraction of sp³-hybridized carbons (Fsp3) is 0.314. The Bertz CT molecular complexity index is 1780. The van der Waals surface area contributed by atoms with Crippen molar-refractivity contribution in [2.24, 2.45) is 11.1 Å². The van der Waals surface area contributed by atoms with E-state index >= 15 is 0 Å². The molecular weight excluding hydrogens is 587 g/mol. The van der Waals surface area contributed by atoms with Crippen LogP contribution in [0.15, 0.2) is 77.3 Å². The summed E-state index contributed by atoms with van der Waals surface area (Å²) in [6.07, 6.45) is -3.96. The minimum Gasteiger partial charge on any atom is -0.489 e. The number of ketones is 1. The number of hydrogen-bond acceptors (Lipinski definition) is 5. The standard InChI is InChI=1S/C35H33ClF3N3O2/c1-19-11-22(18-44-30-10-9-24(36)13-20(30)2)21(3)26(12-19)31-27(17-40)33(41)42(25-8-6-7-23(14-25)35(37,38)39)28-15-34(4,5)16-29(43)32(28)31/h6-14,31H,15-16,18,41H2,1-5H3. The van der Waals surface area contributed by atoms with Gasteiger partial charge in [0.15, 0.2) is 5.78 Å². The van der Waals surface area contributed by atoms with Crippen LogP contribution < -0.4 is 15.4 Å². The van der Waals surface area contributed by atoms with Crippen LogP contribution in [0.2, 0.25) is 5.02 Å². The fourth-order valence-electron chi connectivity index (χ4n) is 6.28. The van der Waals surface area contributed by atoms with Crippen LogP contribution in [0.5, 0.6) is 5.75 Å². The largest absolute Gasteiger partial charge is 0.489 e. The maximum absolute atomic E-state index is 14.0. The maximum atomic E-state index is 14.0. The first-order chi connectivity index (χ1) is 20.6. The minimum atomic E-state index is -4.58. The highest BCUT2D eigenvalue weighted by molar-refractivity contribution is 6.30. The zero-order valence-corrected chi connectivity index (χ0v) is 26.0. The number of ether oxygens (including phenoxy) is 1. The summed E-state index contributed by atoms with van der Waals surface area (Å²) < 4.78 is 47.3. The number of carbonyl (C=O) groups excluding carboxylic acids is 1. The van der Waals surface area contributed by atoms with Gasteiger partial charge >= 0.3 is 6.18 Å². The van der Waals surface area contributed by atoms with Gasteiger partial charge in [0.05, 0.1) is 23.1 Å². The van der Waals surface area contributed by atoms with Crippen molar-refractivity contribution in [1.29, 1.82) is 5.26 Å². The van der Waals surface area contributed by atoms with Gasteiger partial charge in [-0.3, -0.25) is 9.69 Å². The van der Waals surface area contributed by atoms with Crippen LogP contribution in [0.3, 0.4) is 0 Å². The lowest BCUT2D eigenvalue weighted by Crippen LogP contribution is -2.42. The lowest BCUT2D eigenvalue weighted by atomic mass is 9.68. The molecule has 2 N–H and O–H groups in total. The molecule has 9 heteroatoms. The Kier molecular flexibility index (Phi) is 8.06. The molecule has 0 amide bonds. The molecule has 1 unspecified atom stereocenters. The van der Waals surface area contributed by atoms with E-state index in [1.165, 1.54) is 17.0 Å². The van der Waals surface area contributed by atoms with Gasteiger partial charge in [-0.2, -0.15) is 18.4 Å². The molecule has 228 valence electrons. The number of hydrogen-bond donors (Lipinski definition) is 1. The minimum absolute atomic E-state index is 0.0107. The topological polar surface area (TPSA) is 79.3 Å². The molecule has 0 spiro atoms. The van der Waals surface area contributed by atoms with Crippen LogP contribution in [-0.2, 0) is 17.6 Å². The summed E-state index contributed by atoms with van der Waals surface area (Å²) in [5.74, 6) is -0.245. The zero-order chi connectivity index (χ0) is 32.1. The third-order valence-electron chi connectivity index (χ3n) is 8.34. The monoisotopic (exact) mass is 619 g/mol. The van der Waals surface area contributed by atoms with Crippen molar-refractivity contribution in [3.8, 4) is 11.8 Å². The Morgan fingerprint density at radius 3 is 2.48 bits per heavy atom. The zero-order valence-electron chi connectivity index (χ0n) is 25.2. The first kappa shape index (κ1) is 31.2. The maximum Gasteiger partial charge on any atom is 0.416 e. The van der Waals surface area contributed by atoms with Gasteiger partial charge in [0.25, 0.3) is 0 Å². The lowest BCUT2D eigenvalue weighted by Gasteiger charge is -2.44. The van der Waals surface area contributed by atoms with Gasteiger partial charge in [0.2, 0.25) is 0 Å². The Labute approximate surface area is 260 Å². The number of benzene rings is 3. The second kappa shape index (κ2) is 11.4. The number of nitrogens with zero attached hydrogens (tertiary/aromatic N) is 2. The van der Waals surface area contributed by atoms with E-state index < -0.39 is 23.1 Å². The molecule has 1 heterocycles. The first-order valence-electron chi connectivity index (χ1n) is 14.2. The molecule has 44 heavy (non-hydrogen) atoms. The average Bonchev–Trinajstić information content (AvgIpc) is 2.92. The molecule has 3 aromatic rings. The third-order valence-corrected chi connectivity index (χ3v) is 8.58. The predicted octanol–water partition coefficient (Wildman–Crippen LogP) is 8.80. The molecule has 1 aliphatic heterocycles. The molecule has 2 aliphatic rings. The van der Waals surface area contributed by atoms with Crippen molar-refractivity contribution in [1.82, 2.24) is 0 Å². The summed E-state index contributed by atoms with van der Waals surface area (Å²) in [7, 11) is 0. The van der Waals surface area contributed by atoms with Crippen LogP contribution in [-0.4, -0.2) is 5.78 Å². The van der Waals surface area contributed by atoms with E-state index in [9.17, 15) is 23.2 Å². The molecule has 1 aliphatic carbocycles. The quantitative estimate of drug-likeness (QED) is 0.309. The summed E-state index contributed by atoms with van der Waals surface area (Å²) in [6.45, 7) is 9.88. The Hall–Kier alpha value is -4.22. The molecule has 3 aromatic carbocycles. The summed E-state index contributed by atoms with van der Waals surface area (Å²) in [5.41, 5.74) is 10.8. The van der Waals surface area contributed by atoms with E-state index in [0.29, 0.717) is 28.5 Å². The Morgan fingerprint density at radius 2 is 1.82 bits per heavy atom. The summed E-state index contributed by atoms with van der Waals surface area (Å²) in [6, 6.07) is 16.4. The van der Waals surface area contributed by atoms with Gasteiger partial charge in [-0.05, 0) is 91.3 Å². The number of aryl methyl sites for hydroxylation is 2. The van der Waals surface area contributed by atoms with E-state index in [1.54, 1.807) is 6.07 Å². The molecule has 0 radical (unpaired) electrons. The number of carbonyl (C=O) groups is 1. The highest BCUT2D eigenvalue weighted by atomic mass is 35.5. The molecule has 0 bridgehead atoms. The van der Waals surface area contributed by atoms with E-state index in [0.717, 1.165) is 39.9 Å². The van der Waals surface area contributed by atoms with Crippen molar-refractivity contribution < 1.29 is 22.7 Å². The predicted molar refractivity (Wildman–Crippen MR) is 165 cm³/mol. The highest BCUT2D eigenvalue weighted by Gasteiger charge is 2.45. The number of Topliss-reactive ketones (excluding diaryl/α,β-unsaturated/α-hetero) is 1. The number of nitrogens with two attached hydrogens (primary N) is 1. The van der Waals surface area contributed by atoms with Crippen molar-refractivity contribution in [3.05, 3.63) is 116 Å². The van der Waals surface area contributed by atoms with Crippen LogP contribution in [0.4, 0.5) is 18.9 Å². The highest BCUT2D eigenvalue weighted by Crippen LogP contribution is 2.51. The van der Waals surface area contributed by atoms with Gasteiger partial charge in [0.1, 0.15) is 18.2 Å². The van der Waals surface area contributed by atoms with Crippen LogP contribution in [0.25, 0.3) is 0 Å². The second-order valence-electron chi connectivity index (χ2n) is 12.4. The molecule has 0 saturated heterocycles. The molecule has 0 saturated carbocycles. The first-order valence-corrected chi connectivity index (χ1v) is 14.6. The van der Waals surface area contributed by atoms with Gasteiger partial charge in [-0.25, -0.2) is 0 Å². The van der Waals surface area contributed by atoms with E-state index in [4.69, 9.17) is 22.1 Å². The van der Waals surface area contributed by atoms with Gasteiger partial charge < -0.3 is 10.5 Å². The molecular formula is C35H33ClF3N3O2. The molecule has 0 fully saturated rings. The lowest BCUT2D eigenvalue weighted by molar-refractivity contribution is -0.137.